The van der Waals surface area contributed by atoms with Gasteiger partial charge in [-0.1, -0.05) is 23.4 Å². The van der Waals surface area contributed by atoms with Crippen LogP contribution in [0.25, 0.3) is 0 Å². The second-order valence-electron chi connectivity index (χ2n) is 4.74. The monoisotopic (exact) mass is 286 g/mol. The van der Waals surface area contributed by atoms with Crippen molar-refractivity contribution in [3.63, 3.8) is 0 Å². The van der Waals surface area contributed by atoms with E-state index in [1.165, 1.54) is 6.07 Å². The first-order valence-corrected chi connectivity index (χ1v) is 6.74. The highest BCUT2D eigenvalue weighted by Crippen LogP contribution is 2.13. The summed E-state index contributed by atoms with van der Waals surface area (Å²) in [6.45, 7) is 2.71. The van der Waals surface area contributed by atoms with Gasteiger partial charge in [0, 0.05) is 18.7 Å². The van der Waals surface area contributed by atoms with Crippen LogP contribution in [0, 0.1) is 0 Å². The quantitative estimate of drug-likeness (QED) is 0.503. The van der Waals surface area contributed by atoms with Crippen LogP contribution in [-0.4, -0.2) is 22.1 Å². The molecule has 0 aliphatic heterocycles. The third kappa shape index (κ3) is 4.49. The topological polar surface area (TPSA) is 63.8 Å². The predicted octanol–water partition coefficient (Wildman–Crippen LogP) is 2.32. The third-order valence-corrected chi connectivity index (χ3v) is 3.05. The lowest BCUT2D eigenvalue weighted by Crippen LogP contribution is -2.21. The maximum atomic E-state index is 11.5. The number of aromatic nitrogens is 1. The Kier molecular flexibility index (Phi) is 5.15. The molecule has 0 aliphatic rings. The smallest absolute Gasteiger partial charge is 0.250 e. The number of pyridine rings is 1. The zero-order valence-electron chi connectivity index (χ0n) is 11.9. The summed E-state index contributed by atoms with van der Waals surface area (Å²) in [5.41, 5.74) is 1.68. The standard InChI is InChI=1S/C16H18N2O3/c1-13(17-20)12-14-5-7-15(8-6-14)21-11-10-18-9-3-2-4-16(18)19/h2-9,20H,10-12H2,1H3/b17-13-. The van der Waals surface area contributed by atoms with Gasteiger partial charge < -0.3 is 14.5 Å². The average Bonchev–Trinajstić information content (AvgIpc) is 2.51. The minimum absolute atomic E-state index is 0.0322. The largest absolute Gasteiger partial charge is 0.492 e. The minimum Gasteiger partial charge on any atom is -0.492 e. The molecule has 1 heterocycles. The number of hydrogen-bond acceptors (Lipinski definition) is 4. The van der Waals surface area contributed by atoms with Crippen molar-refractivity contribution in [1.29, 1.82) is 0 Å². The Morgan fingerprint density at radius 1 is 1.24 bits per heavy atom. The van der Waals surface area contributed by atoms with Gasteiger partial charge in [0.15, 0.2) is 0 Å². The molecule has 0 radical (unpaired) electrons. The van der Waals surface area contributed by atoms with Crippen molar-refractivity contribution < 1.29 is 9.94 Å². The van der Waals surface area contributed by atoms with Crippen LogP contribution in [0.15, 0.2) is 58.6 Å². The molecule has 0 amide bonds. The summed E-state index contributed by atoms with van der Waals surface area (Å²) in [5, 5.41) is 11.8. The molecule has 1 N–H and O–H groups in total. The van der Waals surface area contributed by atoms with Crippen molar-refractivity contribution >= 4 is 5.71 Å². The van der Waals surface area contributed by atoms with E-state index in [1.54, 1.807) is 23.8 Å². The van der Waals surface area contributed by atoms with Gasteiger partial charge in [-0.15, -0.1) is 0 Å². The van der Waals surface area contributed by atoms with Gasteiger partial charge >= 0.3 is 0 Å². The highest BCUT2D eigenvalue weighted by molar-refractivity contribution is 5.83. The molecule has 0 saturated heterocycles. The molecule has 0 spiro atoms. The van der Waals surface area contributed by atoms with E-state index in [0.717, 1.165) is 11.3 Å². The Morgan fingerprint density at radius 3 is 2.67 bits per heavy atom. The summed E-state index contributed by atoms with van der Waals surface area (Å²) in [6, 6.07) is 12.7. The van der Waals surface area contributed by atoms with Crippen molar-refractivity contribution in [3.05, 3.63) is 64.6 Å². The first-order chi connectivity index (χ1) is 10.2. The summed E-state index contributed by atoms with van der Waals surface area (Å²) in [7, 11) is 0. The fourth-order valence-electron chi connectivity index (χ4n) is 1.94. The normalized spacial score (nSPS) is 11.4. The predicted molar refractivity (Wildman–Crippen MR) is 81.2 cm³/mol. The summed E-state index contributed by atoms with van der Waals surface area (Å²) < 4.78 is 7.22. The molecule has 0 aliphatic carbocycles. The summed E-state index contributed by atoms with van der Waals surface area (Å²) in [4.78, 5) is 11.5. The maximum absolute atomic E-state index is 11.5. The highest BCUT2D eigenvalue weighted by atomic mass is 16.5. The van der Waals surface area contributed by atoms with Crippen LogP contribution in [0.1, 0.15) is 12.5 Å². The summed E-state index contributed by atoms with van der Waals surface area (Å²) >= 11 is 0. The van der Waals surface area contributed by atoms with Crippen LogP contribution in [0.4, 0.5) is 0 Å². The number of rotatable bonds is 6. The second-order valence-corrected chi connectivity index (χ2v) is 4.74. The number of ether oxygens (including phenoxy) is 1. The second kappa shape index (κ2) is 7.28. The number of hydrogen-bond donors (Lipinski definition) is 1. The molecular formula is C16H18N2O3. The van der Waals surface area contributed by atoms with Gasteiger partial charge in [-0.25, -0.2) is 0 Å². The van der Waals surface area contributed by atoms with E-state index in [4.69, 9.17) is 9.94 Å². The van der Waals surface area contributed by atoms with Crippen LogP contribution < -0.4 is 10.3 Å². The lowest BCUT2D eigenvalue weighted by atomic mass is 10.1. The minimum atomic E-state index is -0.0322. The van der Waals surface area contributed by atoms with Gasteiger partial charge in [0.2, 0.25) is 0 Å². The SMILES string of the molecule is C/C(Cc1ccc(OCCn2ccccc2=O)cc1)=N/O. The zero-order valence-corrected chi connectivity index (χ0v) is 11.9. The van der Waals surface area contributed by atoms with E-state index in [9.17, 15) is 4.79 Å². The highest BCUT2D eigenvalue weighted by Gasteiger charge is 1.99. The van der Waals surface area contributed by atoms with Crippen LogP contribution in [-0.2, 0) is 13.0 Å². The van der Waals surface area contributed by atoms with E-state index in [2.05, 4.69) is 5.16 Å². The van der Waals surface area contributed by atoms with Crippen LogP contribution in [0.2, 0.25) is 0 Å². The van der Waals surface area contributed by atoms with E-state index in [-0.39, 0.29) is 5.56 Å². The lowest BCUT2D eigenvalue weighted by molar-refractivity contribution is 0.296. The van der Waals surface area contributed by atoms with Crippen LogP contribution in [0.5, 0.6) is 5.75 Å². The van der Waals surface area contributed by atoms with Gasteiger partial charge in [-0.05, 0) is 30.7 Å². The van der Waals surface area contributed by atoms with Crippen molar-refractivity contribution in [2.75, 3.05) is 6.61 Å². The number of nitrogens with zero attached hydrogens (tertiary/aromatic N) is 2. The van der Waals surface area contributed by atoms with Crippen LogP contribution >= 0.6 is 0 Å². The Labute approximate surface area is 123 Å². The van der Waals surface area contributed by atoms with E-state index < -0.39 is 0 Å². The molecule has 2 rings (SSSR count). The molecule has 0 bridgehead atoms. The number of benzene rings is 1. The molecule has 0 atom stereocenters. The van der Waals surface area contributed by atoms with E-state index >= 15 is 0 Å². The molecule has 1 aromatic carbocycles. The maximum Gasteiger partial charge on any atom is 0.250 e. The first-order valence-electron chi connectivity index (χ1n) is 6.74. The lowest BCUT2D eigenvalue weighted by Gasteiger charge is -2.08. The van der Waals surface area contributed by atoms with Gasteiger partial charge in [0.1, 0.15) is 12.4 Å². The third-order valence-electron chi connectivity index (χ3n) is 3.05. The number of oxime groups is 1. The molecule has 2 aromatic rings. The van der Waals surface area contributed by atoms with Crippen molar-refractivity contribution in [2.24, 2.45) is 5.16 Å². The molecule has 0 unspecified atom stereocenters. The Hall–Kier alpha value is -2.56. The van der Waals surface area contributed by atoms with E-state index in [0.29, 0.717) is 25.3 Å². The van der Waals surface area contributed by atoms with Crippen LogP contribution in [0.3, 0.4) is 0 Å². The van der Waals surface area contributed by atoms with Gasteiger partial charge in [-0.3, -0.25) is 4.79 Å². The average molecular weight is 286 g/mol. The fourth-order valence-corrected chi connectivity index (χ4v) is 1.94. The van der Waals surface area contributed by atoms with Gasteiger partial charge in [0.25, 0.3) is 5.56 Å². The van der Waals surface area contributed by atoms with Crippen molar-refractivity contribution in [2.45, 2.75) is 19.9 Å². The molecule has 0 saturated carbocycles. The van der Waals surface area contributed by atoms with Gasteiger partial charge in [-0.2, -0.15) is 0 Å². The fraction of sp³-hybridized carbons (Fsp3) is 0.250. The Balaban J connectivity index is 1.87. The first kappa shape index (κ1) is 14.8. The summed E-state index contributed by atoms with van der Waals surface area (Å²) in [5.74, 6) is 0.751. The Bertz CT molecular complexity index is 660. The molecule has 110 valence electrons. The van der Waals surface area contributed by atoms with Gasteiger partial charge in [0.05, 0.1) is 12.3 Å². The van der Waals surface area contributed by atoms with Crippen molar-refractivity contribution in [1.82, 2.24) is 4.57 Å². The van der Waals surface area contributed by atoms with E-state index in [1.807, 2.05) is 30.3 Å². The molecule has 21 heavy (non-hydrogen) atoms. The summed E-state index contributed by atoms with van der Waals surface area (Å²) in [6.07, 6.45) is 2.35. The molecule has 5 nitrogen and oxygen atoms in total. The van der Waals surface area contributed by atoms with Crippen molar-refractivity contribution in [3.8, 4) is 5.75 Å². The molecule has 0 fully saturated rings. The molecule has 1 aromatic heterocycles. The molecule has 5 heteroatoms. The Morgan fingerprint density at radius 2 is 2.00 bits per heavy atom. The zero-order chi connectivity index (χ0) is 15.1. The molecular weight excluding hydrogens is 268 g/mol.